The van der Waals surface area contributed by atoms with Crippen molar-refractivity contribution >= 4 is 11.4 Å². The largest absolute Gasteiger partial charge is 0.399 e. The molecule has 18 heavy (non-hydrogen) atoms. The molecular formula is C14H14F2N2. The quantitative estimate of drug-likeness (QED) is 0.845. The summed E-state index contributed by atoms with van der Waals surface area (Å²) >= 11 is 0. The highest BCUT2D eigenvalue weighted by Gasteiger charge is 2.09. The van der Waals surface area contributed by atoms with Crippen LogP contribution in [0.25, 0.3) is 0 Å². The number of rotatable bonds is 3. The van der Waals surface area contributed by atoms with Crippen LogP contribution in [0.2, 0.25) is 0 Å². The second-order valence-corrected chi connectivity index (χ2v) is 4.20. The first kappa shape index (κ1) is 12.4. The normalized spacial score (nSPS) is 10.4. The standard InChI is InChI=1S/C14H14F2N2/c1-18(9-10-3-2-4-12(17)7-10)14-6-5-11(15)8-13(14)16/h2-8H,9,17H2,1H3. The highest BCUT2D eigenvalue weighted by atomic mass is 19.1. The fourth-order valence-corrected chi connectivity index (χ4v) is 1.84. The molecule has 0 heterocycles. The second-order valence-electron chi connectivity index (χ2n) is 4.20. The van der Waals surface area contributed by atoms with Gasteiger partial charge in [0.05, 0.1) is 5.69 Å². The van der Waals surface area contributed by atoms with Gasteiger partial charge in [-0.15, -0.1) is 0 Å². The van der Waals surface area contributed by atoms with Gasteiger partial charge in [-0.1, -0.05) is 12.1 Å². The summed E-state index contributed by atoms with van der Waals surface area (Å²) in [5, 5.41) is 0. The first-order valence-electron chi connectivity index (χ1n) is 5.57. The monoisotopic (exact) mass is 248 g/mol. The van der Waals surface area contributed by atoms with Crippen LogP contribution >= 0.6 is 0 Å². The van der Waals surface area contributed by atoms with E-state index in [-0.39, 0.29) is 0 Å². The molecule has 4 heteroatoms. The van der Waals surface area contributed by atoms with Crippen molar-refractivity contribution in [2.24, 2.45) is 0 Å². The molecule has 94 valence electrons. The van der Waals surface area contributed by atoms with E-state index in [0.717, 1.165) is 11.6 Å². The molecule has 0 amide bonds. The summed E-state index contributed by atoms with van der Waals surface area (Å²) in [5.41, 5.74) is 7.68. The van der Waals surface area contributed by atoms with Gasteiger partial charge in [0.1, 0.15) is 11.6 Å². The maximum absolute atomic E-state index is 13.6. The molecule has 2 N–H and O–H groups in total. The molecular weight excluding hydrogens is 234 g/mol. The zero-order chi connectivity index (χ0) is 13.1. The summed E-state index contributed by atoms with van der Waals surface area (Å²) in [6.07, 6.45) is 0. The summed E-state index contributed by atoms with van der Waals surface area (Å²) < 4.78 is 26.4. The van der Waals surface area contributed by atoms with E-state index >= 15 is 0 Å². The molecule has 0 aliphatic carbocycles. The number of hydrogen-bond acceptors (Lipinski definition) is 2. The first-order chi connectivity index (χ1) is 8.56. The predicted octanol–water partition coefficient (Wildman–Crippen LogP) is 3.18. The van der Waals surface area contributed by atoms with Crippen molar-refractivity contribution in [2.75, 3.05) is 17.7 Å². The maximum Gasteiger partial charge on any atom is 0.149 e. The van der Waals surface area contributed by atoms with Gasteiger partial charge in [-0.25, -0.2) is 8.78 Å². The number of anilines is 2. The first-order valence-corrected chi connectivity index (χ1v) is 5.57. The maximum atomic E-state index is 13.6. The molecule has 2 nitrogen and oxygen atoms in total. The molecule has 0 aliphatic heterocycles. The van der Waals surface area contributed by atoms with Crippen molar-refractivity contribution in [3.05, 3.63) is 59.7 Å². The fourth-order valence-electron chi connectivity index (χ4n) is 1.84. The Morgan fingerprint density at radius 1 is 1.11 bits per heavy atom. The van der Waals surface area contributed by atoms with E-state index in [1.807, 2.05) is 18.2 Å². The lowest BCUT2D eigenvalue weighted by molar-refractivity contribution is 0.581. The summed E-state index contributed by atoms with van der Waals surface area (Å²) in [7, 11) is 1.75. The molecule has 0 aliphatic rings. The number of hydrogen-bond donors (Lipinski definition) is 1. The summed E-state index contributed by atoms with van der Waals surface area (Å²) in [4.78, 5) is 1.71. The van der Waals surface area contributed by atoms with Crippen molar-refractivity contribution in [1.29, 1.82) is 0 Å². The molecule has 0 unspecified atom stereocenters. The fraction of sp³-hybridized carbons (Fsp3) is 0.143. The molecule has 0 saturated heterocycles. The smallest absolute Gasteiger partial charge is 0.149 e. The minimum atomic E-state index is -0.575. The highest BCUT2D eigenvalue weighted by molar-refractivity contribution is 5.49. The third-order valence-electron chi connectivity index (χ3n) is 2.69. The Kier molecular flexibility index (Phi) is 3.46. The Morgan fingerprint density at radius 2 is 1.89 bits per heavy atom. The van der Waals surface area contributed by atoms with Gasteiger partial charge in [-0.3, -0.25) is 0 Å². The van der Waals surface area contributed by atoms with Crippen LogP contribution in [0.15, 0.2) is 42.5 Å². The van der Waals surface area contributed by atoms with Crippen molar-refractivity contribution in [3.8, 4) is 0 Å². The molecule has 0 radical (unpaired) electrons. The van der Waals surface area contributed by atoms with Gasteiger partial charge in [0.25, 0.3) is 0 Å². The predicted molar refractivity (Wildman–Crippen MR) is 69.3 cm³/mol. The van der Waals surface area contributed by atoms with Crippen molar-refractivity contribution < 1.29 is 8.78 Å². The van der Waals surface area contributed by atoms with Crippen LogP contribution in [-0.2, 0) is 6.54 Å². The molecule has 2 aromatic carbocycles. The molecule has 0 atom stereocenters. The Balaban J connectivity index is 2.19. The zero-order valence-corrected chi connectivity index (χ0v) is 10.0. The summed E-state index contributed by atoms with van der Waals surface area (Å²) in [6.45, 7) is 0.508. The van der Waals surface area contributed by atoms with E-state index in [4.69, 9.17) is 5.73 Å². The van der Waals surface area contributed by atoms with Gasteiger partial charge >= 0.3 is 0 Å². The number of nitrogens with zero attached hydrogens (tertiary/aromatic N) is 1. The van der Waals surface area contributed by atoms with Crippen LogP contribution in [0.5, 0.6) is 0 Å². The topological polar surface area (TPSA) is 29.3 Å². The van der Waals surface area contributed by atoms with Crippen LogP contribution in [-0.4, -0.2) is 7.05 Å². The van der Waals surface area contributed by atoms with Crippen LogP contribution < -0.4 is 10.6 Å². The lowest BCUT2D eigenvalue weighted by atomic mass is 10.2. The summed E-state index contributed by atoms with van der Waals surface area (Å²) in [6, 6.07) is 10.9. The molecule has 0 fully saturated rings. The third-order valence-corrected chi connectivity index (χ3v) is 2.69. The Bertz CT molecular complexity index is 555. The van der Waals surface area contributed by atoms with E-state index in [1.54, 1.807) is 18.0 Å². The van der Waals surface area contributed by atoms with Crippen LogP contribution in [0.1, 0.15) is 5.56 Å². The van der Waals surface area contributed by atoms with E-state index in [1.165, 1.54) is 12.1 Å². The molecule has 0 spiro atoms. The van der Waals surface area contributed by atoms with Crippen molar-refractivity contribution in [2.45, 2.75) is 6.54 Å². The number of nitrogen functional groups attached to an aromatic ring is 1. The Morgan fingerprint density at radius 3 is 2.56 bits per heavy atom. The molecule has 0 bridgehead atoms. The van der Waals surface area contributed by atoms with Crippen molar-refractivity contribution in [3.63, 3.8) is 0 Å². The van der Waals surface area contributed by atoms with Gasteiger partial charge in [0, 0.05) is 25.3 Å². The van der Waals surface area contributed by atoms with Gasteiger partial charge in [0.15, 0.2) is 0 Å². The van der Waals surface area contributed by atoms with Crippen LogP contribution in [0.3, 0.4) is 0 Å². The highest BCUT2D eigenvalue weighted by Crippen LogP contribution is 2.21. The van der Waals surface area contributed by atoms with E-state index in [0.29, 0.717) is 17.9 Å². The van der Waals surface area contributed by atoms with E-state index in [2.05, 4.69) is 0 Å². The van der Waals surface area contributed by atoms with Crippen molar-refractivity contribution in [1.82, 2.24) is 0 Å². The Labute approximate surface area is 105 Å². The Hall–Kier alpha value is -2.10. The van der Waals surface area contributed by atoms with Gasteiger partial charge in [-0.05, 0) is 29.8 Å². The number of benzene rings is 2. The summed E-state index contributed by atoms with van der Waals surface area (Å²) in [5.74, 6) is -1.14. The molecule has 2 rings (SSSR count). The lowest BCUT2D eigenvalue weighted by Crippen LogP contribution is -2.17. The average Bonchev–Trinajstić information content (AvgIpc) is 2.28. The lowest BCUT2D eigenvalue weighted by Gasteiger charge is -2.20. The minimum Gasteiger partial charge on any atom is -0.399 e. The van der Waals surface area contributed by atoms with Gasteiger partial charge in [0.2, 0.25) is 0 Å². The van der Waals surface area contributed by atoms with E-state index in [9.17, 15) is 8.78 Å². The van der Waals surface area contributed by atoms with Gasteiger partial charge < -0.3 is 10.6 Å². The second kappa shape index (κ2) is 5.04. The van der Waals surface area contributed by atoms with Crippen LogP contribution in [0.4, 0.5) is 20.2 Å². The zero-order valence-electron chi connectivity index (χ0n) is 10.0. The van der Waals surface area contributed by atoms with Crippen LogP contribution in [0, 0.1) is 11.6 Å². The molecule has 0 aromatic heterocycles. The number of nitrogens with two attached hydrogens (primary N) is 1. The van der Waals surface area contributed by atoms with E-state index < -0.39 is 11.6 Å². The molecule has 2 aromatic rings. The minimum absolute atomic E-state index is 0.360. The molecule has 0 saturated carbocycles. The third kappa shape index (κ3) is 2.77. The number of halogens is 2. The SMILES string of the molecule is CN(Cc1cccc(N)c1)c1ccc(F)cc1F. The van der Waals surface area contributed by atoms with Gasteiger partial charge in [-0.2, -0.15) is 0 Å². The average molecular weight is 248 g/mol.